The molecule has 1 heterocycles. The van der Waals surface area contributed by atoms with E-state index >= 15 is 0 Å². The maximum absolute atomic E-state index is 10.8. The fourth-order valence-corrected chi connectivity index (χ4v) is 2.87. The second-order valence-electron chi connectivity index (χ2n) is 2.93. The fourth-order valence-electron chi connectivity index (χ4n) is 1.04. The number of hydrogen-bond donors (Lipinski definition) is 2. The van der Waals surface area contributed by atoms with Crippen molar-refractivity contribution in [1.29, 1.82) is 0 Å². The summed E-state index contributed by atoms with van der Waals surface area (Å²) in [7, 11) is -2.31. The number of rotatable bonds is 5. The third-order valence-electron chi connectivity index (χ3n) is 1.54. The van der Waals surface area contributed by atoms with Crippen molar-refractivity contribution in [3.63, 3.8) is 0 Å². The van der Waals surface area contributed by atoms with Crippen molar-refractivity contribution in [3.05, 3.63) is 15.6 Å². The van der Waals surface area contributed by atoms with E-state index in [1.807, 2.05) is 0 Å². The zero-order chi connectivity index (χ0) is 12.3. The van der Waals surface area contributed by atoms with Gasteiger partial charge in [-0.3, -0.25) is 0 Å². The molecule has 3 N–H and O–H groups in total. The van der Waals surface area contributed by atoms with Crippen molar-refractivity contribution in [3.8, 4) is 0 Å². The third kappa shape index (κ3) is 3.52. The Morgan fingerprint density at radius 2 is 2.25 bits per heavy atom. The lowest BCUT2D eigenvalue weighted by molar-refractivity contribution is 0.0697. The molecule has 1 aromatic rings. The Hall–Kier alpha value is -1.03. The molecule has 0 amide bonds. The number of nitrogens with two attached hydrogens (primary N) is 1. The number of aromatic nitrogens is 1. The quantitative estimate of drug-likeness (QED) is 0.760. The maximum Gasteiger partial charge on any atom is 0.347 e. The lowest BCUT2D eigenvalue weighted by Crippen LogP contribution is -2.14. The van der Waals surface area contributed by atoms with Gasteiger partial charge in [0.25, 0.3) is 0 Å². The maximum atomic E-state index is 10.8. The van der Waals surface area contributed by atoms with Gasteiger partial charge in [-0.15, -0.1) is 11.3 Å². The average molecular weight is 266 g/mol. The van der Waals surface area contributed by atoms with Gasteiger partial charge in [0.15, 0.2) is 0 Å². The molecule has 0 spiro atoms. The number of hydrogen-bond acceptors (Lipinski definition) is 6. The zero-order valence-electron chi connectivity index (χ0n) is 8.34. The summed E-state index contributed by atoms with van der Waals surface area (Å²) in [6.07, 6.45) is 0. The molecular formula is C7H10N2O5S2. The molecule has 0 saturated heterocycles. The molecule has 0 aliphatic carbocycles. The summed E-state index contributed by atoms with van der Waals surface area (Å²) in [5.74, 6) is -1.63. The first kappa shape index (κ1) is 13.0. The first-order chi connectivity index (χ1) is 7.33. The van der Waals surface area contributed by atoms with Crippen LogP contribution in [0.1, 0.15) is 20.4 Å². The van der Waals surface area contributed by atoms with Crippen LogP contribution in [-0.2, 0) is 27.1 Å². The minimum absolute atomic E-state index is 0.0166. The van der Waals surface area contributed by atoms with Crippen LogP contribution >= 0.6 is 11.3 Å². The van der Waals surface area contributed by atoms with Crippen molar-refractivity contribution in [2.45, 2.75) is 12.4 Å². The monoisotopic (exact) mass is 266 g/mol. The highest BCUT2D eigenvalue weighted by molar-refractivity contribution is 7.88. The molecule has 1 aromatic heterocycles. The Bertz CT molecular complexity index is 493. The summed E-state index contributed by atoms with van der Waals surface area (Å²) >= 11 is 0.785. The molecule has 0 atom stereocenters. The molecule has 0 bridgehead atoms. The van der Waals surface area contributed by atoms with Gasteiger partial charge < -0.3 is 9.84 Å². The molecule has 90 valence electrons. The van der Waals surface area contributed by atoms with Gasteiger partial charge in [-0.05, 0) is 0 Å². The fraction of sp³-hybridized carbons (Fsp3) is 0.429. The van der Waals surface area contributed by atoms with Crippen molar-refractivity contribution in [1.82, 2.24) is 4.98 Å². The number of carbonyl (C=O) groups is 1. The number of nitrogens with zero attached hydrogens (tertiary/aromatic N) is 1. The number of ether oxygens (including phenoxy) is 1. The standard InChI is InChI=1S/C7H10N2O5S2/c1-14-2-4-6(7(10)11)15-5(9-4)3-16(8,12)13/h2-3H2,1H3,(H,10,11)(H2,8,12,13). The van der Waals surface area contributed by atoms with E-state index in [-0.39, 0.29) is 22.2 Å². The van der Waals surface area contributed by atoms with Gasteiger partial charge in [-0.1, -0.05) is 0 Å². The van der Waals surface area contributed by atoms with E-state index in [0.29, 0.717) is 0 Å². The van der Waals surface area contributed by atoms with Gasteiger partial charge in [0, 0.05) is 7.11 Å². The number of aromatic carboxylic acids is 1. The van der Waals surface area contributed by atoms with Gasteiger partial charge in [-0.25, -0.2) is 23.3 Å². The highest BCUT2D eigenvalue weighted by Crippen LogP contribution is 2.20. The number of primary sulfonamides is 1. The SMILES string of the molecule is COCc1nc(CS(N)(=O)=O)sc1C(=O)O. The Labute approximate surface area is 95.9 Å². The van der Waals surface area contributed by atoms with Crippen molar-refractivity contribution < 1.29 is 23.1 Å². The summed E-state index contributed by atoms with van der Waals surface area (Å²) in [5.41, 5.74) is 0.207. The Morgan fingerprint density at radius 3 is 2.69 bits per heavy atom. The normalized spacial score (nSPS) is 11.6. The predicted molar refractivity (Wildman–Crippen MR) is 56.6 cm³/mol. The van der Waals surface area contributed by atoms with Crippen molar-refractivity contribution in [2.75, 3.05) is 7.11 Å². The number of thiazole rings is 1. The molecule has 9 heteroatoms. The predicted octanol–water partition coefficient (Wildman–Crippen LogP) is -0.224. The van der Waals surface area contributed by atoms with Crippen LogP contribution in [0.2, 0.25) is 0 Å². The first-order valence-electron chi connectivity index (χ1n) is 4.04. The van der Waals surface area contributed by atoms with Crippen LogP contribution in [0.15, 0.2) is 0 Å². The van der Waals surface area contributed by atoms with Crippen LogP contribution in [0.3, 0.4) is 0 Å². The van der Waals surface area contributed by atoms with Crippen LogP contribution in [0.5, 0.6) is 0 Å². The Morgan fingerprint density at radius 1 is 1.62 bits per heavy atom. The number of carboxylic acid groups (broad SMARTS) is 1. The lowest BCUT2D eigenvalue weighted by Gasteiger charge is -1.94. The summed E-state index contributed by atoms with van der Waals surface area (Å²) in [4.78, 5) is 14.6. The average Bonchev–Trinajstić information content (AvgIpc) is 2.45. The van der Waals surface area contributed by atoms with E-state index in [0.717, 1.165) is 11.3 Å². The molecule has 16 heavy (non-hydrogen) atoms. The summed E-state index contributed by atoms with van der Waals surface area (Å²) in [6.45, 7) is 0.0166. The highest BCUT2D eigenvalue weighted by atomic mass is 32.2. The molecule has 0 aromatic carbocycles. The van der Waals surface area contributed by atoms with E-state index in [1.54, 1.807) is 0 Å². The van der Waals surface area contributed by atoms with E-state index in [4.69, 9.17) is 15.0 Å². The number of carboxylic acids is 1. The minimum atomic E-state index is -3.71. The molecule has 0 saturated carbocycles. The Balaban J connectivity index is 3.06. The zero-order valence-corrected chi connectivity index (χ0v) is 9.97. The largest absolute Gasteiger partial charge is 0.477 e. The summed E-state index contributed by atoms with van der Waals surface area (Å²) in [6, 6.07) is 0. The van der Waals surface area contributed by atoms with E-state index in [2.05, 4.69) is 4.98 Å². The van der Waals surface area contributed by atoms with Gasteiger partial charge in [-0.2, -0.15) is 0 Å². The van der Waals surface area contributed by atoms with Crippen molar-refractivity contribution in [2.24, 2.45) is 5.14 Å². The minimum Gasteiger partial charge on any atom is -0.477 e. The van der Waals surface area contributed by atoms with E-state index < -0.39 is 21.7 Å². The van der Waals surface area contributed by atoms with Gasteiger partial charge >= 0.3 is 5.97 Å². The van der Waals surface area contributed by atoms with Gasteiger partial charge in [0.2, 0.25) is 10.0 Å². The Kier molecular flexibility index (Phi) is 3.97. The van der Waals surface area contributed by atoms with Crippen LogP contribution in [0.4, 0.5) is 0 Å². The topological polar surface area (TPSA) is 120 Å². The molecular weight excluding hydrogens is 256 g/mol. The summed E-state index contributed by atoms with van der Waals surface area (Å²) in [5, 5.41) is 13.8. The van der Waals surface area contributed by atoms with Gasteiger partial charge in [0.05, 0.1) is 12.3 Å². The van der Waals surface area contributed by atoms with Crippen molar-refractivity contribution >= 4 is 27.3 Å². The smallest absolute Gasteiger partial charge is 0.347 e. The molecule has 0 fully saturated rings. The highest BCUT2D eigenvalue weighted by Gasteiger charge is 2.19. The second-order valence-corrected chi connectivity index (χ2v) is 5.63. The molecule has 0 radical (unpaired) electrons. The molecule has 1 rings (SSSR count). The molecule has 0 aliphatic heterocycles. The first-order valence-corrected chi connectivity index (χ1v) is 6.58. The molecule has 0 aliphatic rings. The number of methoxy groups -OCH3 is 1. The number of sulfonamides is 1. The van der Waals surface area contributed by atoms with E-state index in [9.17, 15) is 13.2 Å². The molecule has 7 nitrogen and oxygen atoms in total. The second kappa shape index (κ2) is 4.87. The van der Waals surface area contributed by atoms with Crippen LogP contribution in [-0.4, -0.2) is 31.6 Å². The lowest BCUT2D eigenvalue weighted by atomic mass is 10.4. The third-order valence-corrected chi connectivity index (χ3v) is 3.49. The van der Waals surface area contributed by atoms with Crippen LogP contribution < -0.4 is 5.14 Å². The van der Waals surface area contributed by atoms with E-state index in [1.165, 1.54) is 7.11 Å². The van der Waals surface area contributed by atoms with Gasteiger partial charge in [0.1, 0.15) is 15.6 Å². The van der Waals surface area contributed by atoms with Crippen LogP contribution in [0, 0.1) is 0 Å². The summed E-state index contributed by atoms with van der Waals surface area (Å²) < 4.78 is 26.4. The van der Waals surface area contributed by atoms with Crippen LogP contribution in [0.25, 0.3) is 0 Å². The molecule has 0 unspecified atom stereocenters.